The van der Waals surface area contributed by atoms with Crippen molar-refractivity contribution in [2.75, 3.05) is 17.1 Å². The topological polar surface area (TPSA) is 66.5 Å². The highest BCUT2D eigenvalue weighted by atomic mass is 32.2. The first-order chi connectivity index (χ1) is 9.31. The zero-order chi connectivity index (χ0) is 15.3. The van der Waals surface area contributed by atoms with Crippen LogP contribution in [0.2, 0.25) is 0 Å². The van der Waals surface area contributed by atoms with Gasteiger partial charge in [0.2, 0.25) is 15.9 Å². The molecule has 1 aromatic carbocycles. The maximum Gasteiger partial charge on any atom is 0.243 e. The Kier molecular flexibility index (Phi) is 5.56. The first-order valence-corrected chi connectivity index (χ1v) is 8.52. The lowest BCUT2D eigenvalue weighted by Gasteiger charge is -2.28. The molecule has 1 rings (SSSR count). The standard InChI is InChI=1S/C14H22N2O3S/c1-5-12-7-9-13(10-8-12)16(20(4,18)19)11(3)14(17)15-6-2/h7-11H,5-6H2,1-4H3,(H,15,17)/t11-/m1/s1. The van der Waals surface area contributed by atoms with E-state index in [2.05, 4.69) is 5.32 Å². The van der Waals surface area contributed by atoms with Crippen LogP contribution in [0.4, 0.5) is 5.69 Å². The van der Waals surface area contributed by atoms with E-state index in [1.165, 1.54) is 0 Å². The van der Waals surface area contributed by atoms with Crippen molar-refractivity contribution in [3.8, 4) is 0 Å². The summed E-state index contributed by atoms with van der Waals surface area (Å²) in [6.45, 7) is 5.88. The molecule has 1 amide bonds. The molecule has 5 nitrogen and oxygen atoms in total. The summed E-state index contributed by atoms with van der Waals surface area (Å²) in [6, 6.07) is 6.43. The van der Waals surface area contributed by atoms with E-state index in [9.17, 15) is 13.2 Å². The van der Waals surface area contributed by atoms with Crippen LogP contribution in [0.25, 0.3) is 0 Å². The van der Waals surface area contributed by atoms with Gasteiger partial charge in [-0.1, -0.05) is 19.1 Å². The minimum absolute atomic E-state index is 0.308. The van der Waals surface area contributed by atoms with Crippen LogP contribution in [-0.4, -0.2) is 33.2 Å². The van der Waals surface area contributed by atoms with Gasteiger partial charge in [-0.3, -0.25) is 9.10 Å². The fourth-order valence-electron chi connectivity index (χ4n) is 2.01. The number of amides is 1. The predicted molar refractivity (Wildman–Crippen MR) is 81.3 cm³/mol. The second kappa shape index (κ2) is 6.74. The zero-order valence-corrected chi connectivity index (χ0v) is 13.2. The normalized spacial score (nSPS) is 12.8. The molecular formula is C14H22N2O3S. The van der Waals surface area contributed by atoms with Gasteiger partial charge in [0.05, 0.1) is 11.9 Å². The molecule has 1 atom stereocenters. The highest BCUT2D eigenvalue weighted by Gasteiger charge is 2.28. The number of aryl methyl sites for hydroxylation is 1. The van der Waals surface area contributed by atoms with Crippen molar-refractivity contribution < 1.29 is 13.2 Å². The van der Waals surface area contributed by atoms with E-state index in [4.69, 9.17) is 0 Å². The van der Waals surface area contributed by atoms with Gasteiger partial charge in [-0.15, -0.1) is 0 Å². The Morgan fingerprint density at radius 3 is 2.20 bits per heavy atom. The van der Waals surface area contributed by atoms with Crippen LogP contribution >= 0.6 is 0 Å². The first-order valence-electron chi connectivity index (χ1n) is 6.67. The van der Waals surface area contributed by atoms with Crippen LogP contribution < -0.4 is 9.62 Å². The Morgan fingerprint density at radius 1 is 1.25 bits per heavy atom. The van der Waals surface area contributed by atoms with Crippen LogP contribution in [0.5, 0.6) is 0 Å². The molecule has 0 fully saturated rings. The number of nitrogens with zero attached hydrogens (tertiary/aromatic N) is 1. The number of nitrogens with one attached hydrogen (secondary N) is 1. The van der Waals surface area contributed by atoms with Crippen LogP contribution in [-0.2, 0) is 21.2 Å². The number of likely N-dealkylation sites (N-methyl/N-ethyl adjacent to an activating group) is 1. The minimum Gasteiger partial charge on any atom is -0.355 e. The third-order valence-electron chi connectivity index (χ3n) is 3.04. The predicted octanol–water partition coefficient (Wildman–Crippen LogP) is 1.54. The van der Waals surface area contributed by atoms with Crippen LogP contribution in [0.3, 0.4) is 0 Å². The number of hydrogen-bond acceptors (Lipinski definition) is 3. The number of carbonyl (C=O) groups excluding carboxylic acids is 1. The molecule has 0 unspecified atom stereocenters. The summed E-state index contributed by atoms with van der Waals surface area (Å²) in [4.78, 5) is 11.9. The zero-order valence-electron chi connectivity index (χ0n) is 12.4. The summed E-state index contributed by atoms with van der Waals surface area (Å²) in [5.41, 5.74) is 1.62. The molecule has 0 aliphatic heterocycles. The van der Waals surface area contributed by atoms with Gasteiger partial charge < -0.3 is 5.32 Å². The maximum atomic E-state index is 12.0. The van der Waals surface area contributed by atoms with Crippen molar-refractivity contribution in [2.45, 2.75) is 33.2 Å². The molecule has 0 radical (unpaired) electrons. The van der Waals surface area contributed by atoms with E-state index in [1.54, 1.807) is 26.0 Å². The summed E-state index contributed by atoms with van der Waals surface area (Å²) >= 11 is 0. The smallest absolute Gasteiger partial charge is 0.243 e. The Bertz CT molecular complexity index is 552. The third kappa shape index (κ3) is 3.96. The Hall–Kier alpha value is -1.56. The maximum absolute atomic E-state index is 12.0. The molecule has 0 saturated carbocycles. The Balaban J connectivity index is 3.15. The summed E-state index contributed by atoms with van der Waals surface area (Å²) in [5, 5.41) is 2.65. The minimum atomic E-state index is -3.53. The SMILES string of the molecule is CCNC(=O)[C@@H](C)N(c1ccc(CC)cc1)S(C)(=O)=O. The number of anilines is 1. The Morgan fingerprint density at radius 2 is 1.80 bits per heavy atom. The second-order valence-electron chi connectivity index (χ2n) is 4.65. The molecule has 0 aliphatic rings. The molecule has 0 spiro atoms. The number of hydrogen-bond donors (Lipinski definition) is 1. The molecule has 112 valence electrons. The van der Waals surface area contributed by atoms with Crippen molar-refractivity contribution >= 4 is 21.6 Å². The number of carbonyl (C=O) groups is 1. The van der Waals surface area contributed by atoms with Crippen molar-refractivity contribution in [3.63, 3.8) is 0 Å². The molecule has 0 heterocycles. The highest BCUT2D eigenvalue weighted by Crippen LogP contribution is 2.21. The summed E-state index contributed by atoms with van der Waals surface area (Å²) in [5.74, 6) is -0.308. The van der Waals surface area contributed by atoms with E-state index in [0.29, 0.717) is 12.2 Å². The molecule has 6 heteroatoms. The van der Waals surface area contributed by atoms with Crippen molar-refractivity contribution in [1.29, 1.82) is 0 Å². The lowest BCUT2D eigenvalue weighted by molar-refractivity contribution is -0.121. The molecule has 0 aliphatic carbocycles. The average Bonchev–Trinajstić information content (AvgIpc) is 2.38. The van der Waals surface area contributed by atoms with Crippen molar-refractivity contribution in [3.05, 3.63) is 29.8 Å². The third-order valence-corrected chi connectivity index (χ3v) is 4.28. The van der Waals surface area contributed by atoms with Gasteiger partial charge in [0.15, 0.2) is 0 Å². The first kappa shape index (κ1) is 16.5. The molecule has 0 aromatic heterocycles. The van der Waals surface area contributed by atoms with Gasteiger partial charge in [0, 0.05) is 6.54 Å². The summed E-state index contributed by atoms with van der Waals surface area (Å²) in [6.07, 6.45) is 1.99. The lowest BCUT2D eigenvalue weighted by Crippen LogP contribution is -2.47. The van der Waals surface area contributed by atoms with Crippen LogP contribution in [0.15, 0.2) is 24.3 Å². The number of sulfonamides is 1. The van der Waals surface area contributed by atoms with Crippen LogP contribution in [0.1, 0.15) is 26.3 Å². The van der Waals surface area contributed by atoms with E-state index in [0.717, 1.165) is 22.5 Å². The average molecular weight is 298 g/mol. The summed E-state index contributed by atoms with van der Waals surface area (Å²) in [7, 11) is -3.53. The van der Waals surface area contributed by atoms with Gasteiger partial charge in [0.25, 0.3) is 0 Å². The largest absolute Gasteiger partial charge is 0.355 e. The molecule has 0 bridgehead atoms. The second-order valence-corrected chi connectivity index (χ2v) is 6.51. The molecule has 20 heavy (non-hydrogen) atoms. The lowest BCUT2D eigenvalue weighted by atomic mass is 10.1. The molecule has 1 N–H and O–H groups in total. The monoisotopic (exact) mass is 298 g/mol. The van der Waals surface area contributed by atoms with E-state index >= 15 is 0 Å². The van der Waals surface area contributed by atoms with Gasteiger partial charge >= 0.3 is 0 Å². The Labute approximate surface area is 121 Å². The quantitative estimate of drug-likeness (QED) is 0.866. The van der Waals surface area contributed by atoms with E-state index < -0.39 is 16.1 Å². The molecular weight excluding hydrogens is 276 g/mol. The van der Waals surface area contributed by atoms with E-state index in [1.807, 2.05) is 19.1 Å². The fourth-order valence-corrected chi connectivity index (χ4v) is 3.18. The molecule has 1 aromatic rings. The number of benzene rings is 1. The van der Waals surface area contributed by atoms with E-state index in [-0.39, 0.29) is 5.91 Å². The van der Waals surface area contributed by atoms with Gasteiger partial charge in [0.1, 0.15) is 6.04 Å². The number of rotatable bonds is 6. The van der Waals surface area contributed by atoms with Gasteiger partial charge in [-0.05, 0) is 38.0 Å². The van der Waals surface area contributed by atoms with Gasteiger partial charge in [-0.2, -0.15) is 0 Å². The fraction of sp³-hybridized carbons (Fsp3) is 0.500. The summed E-state index contributed by atoms with van der Waals surface area (Å²) < 4.78 is 25.1. The van der Waals surface area contributed by atoms with Crippen LogP contribution in [0, 0.1) is 0 Å². The highest BCUT2D eigenvalue weighted by molar-refractivity contribution is 7.92. The molecule has 0 saturated heterocycles. The van der Waals surface area contributed by atoms with Crippen molar-refractivity contribution in [1.82, 2.24) is 5.32 Å². The van der Waals surface area contributed by atoms with Crippen molar-refractivity contribution in [2.24, 2.45) is 0 Å². The van der Waals surface area contributed by atoms with Gasteiger partial charge in [-0.25, -0.2) is 8.42 Å².